The molecule has 0 aliphatic carbocycles. The number of fused-ring (bicyclic) bond motifs is 1. The van der Waals surface area contributed by atoms with Gasteiger partial charge in [-0.2, -0.15) is 0 Å². The lowest BCUT2D eigenvalue weighted by Gasteiger charge is -2.01. The summed E-state index contributed by atoms with van der Waals surface area (Å²) in [6.45, 7) is 3.56. The van der Waals surface area contributed by atoms with E-state index in [1.54, 1.807) is 13.0 Å². The van der Waals surface area contributed by atoms with E-state index in [0.717, 1.165) is 16.7 Å². The average molecular weight is 330 g/mol. The number of amides is 1. The summed E-state index contributed by atoms with van der Waals surface area (Å²) in [4.78, 5) is 28.1. The van der Waals surface area contributed by atoms with Crippen molar-refractivity contribution in [2.24, 2.45) is 0 Å². The van der Waals surface area contributed by atoms with E-state index in [0.29, 0.717) is 28.2 Å². The summed E-state index contributed by atoms with van der Waals surface area (Å²) in [7, 11) is 0. The number of aromatic carboxylic acids is 1. The SMILES string of the molecule is CCc1oc2ccccc2c1C(=O)Nc1nc(C(=O)O)c(C)s1. The highest BCUT2D eigenvalue weighted by Crippen LogP contribution is 2.28. The second-order valence-corrected chi connectivity index (χ2v) is 6.14. The van der Waals surface area contributed by atoms with Crippen LogP contribution >= 0.6 is 11.3 Å². The summed E-state index contributed by atoms with van der Waals surface area (Å²) in [6.07, 6.45) is 0.578. The highest BCUT2D eigenvalue weighted by Gasteiger charge is 2.22. The first-order valence-electron chi connectivity index (χ1n) is 7.03. The zero-order valence-electron chi connectivity index (χ0n) is 12.5. The Morgan fingerprint density at radius 2 is 2.09 bits per heavy atom. The van der Waals surface area contributed by atoms with Gasteiger partial charge in [0.05, 0.1) is 5.56 Å². The zero-order valence-corrected chi connectivity index (χ0v) is 13.4. The van der Waals surface area contributed by atoms with Crippen molar-refractivity contribution in [2.75, 3.05) is 5.32 Å². The van der Waals surface area contributed by atoms with Crippen LogP contribution in [-0.2, 0) is 6.42 Å². The maximum absolute atomic E-state index is 12.6. The zero-order chi connectivity index (χ0) is 16.6. The number of para-hydroxylation sites is 1. The third-order valence-corrected chi connectivity index (χ3v) is 4.32. The number of thiazole rings is 1. The number of nitrogens with zero attached hydrogens (tertiary/aromatic N) is 1. The number of nitrogens with one attached hydrogen (secondary N) is 1. The number of carboxylic acid groups (broad SMARTS) is 1. The Labute approximate surface area is 135 Å². The normalized spacial score (nSPS) is 10.9. The number of aryl methyl sites for hydroxylation is 2. The lowest BCUT2D eigenvalue weighted by Crippen LogP contribution is -2.13. The van der Waals surface area contributed by atoms with E-state index in [9.17, 15) is 9.59 Å². The highest BCUT2D eigenvalue weighted by molar-refractivity contribution is 7.16. The number of carbonyl (C=O) groups is 2. The number of carbonyl (C=O) groups excluding carboxylic acids is 1. The van der Waals surface area contributed by atoms with Crippen molar-refractivity contribution in [2.45, 2.75) is 20.3 Å². The van der Waals surface area contributed by atoms with Crippen molar-refractivity contribution < 1.29 is 19.1 Å². The van der Waals surface area contributed by atoms with Crippen molar-refractivity contribution in [1.29, 1.82) is 0 Å². The van der Waals surface area contributed by atoms with Crippen LogP contribution < -0.4 is 5.32 Å². The van der Waals surface area contributed by atoms with Crippen molar-refractivity contribution >= 4 is 39.3 Å². The predicted octanol–water partition coefficient (Wildman–Crippen LogP) is 3.71. The molecule has 3 aromatic rings. The van der Waals surface area contributed by atoms with E-state index in [-0.39, 0.29) is 16.7 Å². The summed E-state index contributed by atoms with van der Waals surface area (Å²) < 4.78 is 5.70. The molecule has 0 spiro atoms. The molecule has 6 nitrogen and oxygen atoms in total. The van der Waals surface area contributed by atoms with Crippen LogP contribution in [0.4, 0.5) is 5.13 Å². The number of hydrogen-bond donors (Lipinski definition) is 2. The van der Waals surface area contributed by atoms with Crippen LogP contribution in [0.25, 0.3) is 11.0 Å². The van der Waals surface area contributed by atoms with Crippen LogP contribution in [0.3, 0.4) is 0 Å². The number of aromatic nitrogens is 1. The summed E-state index contributed by atoms with van der Waals surface area (Å²) in [6, 6.07) is 7.31. The number of rotatable bonds is 4. The standard InChI is InChI=1S/C16H14N2O4S/c1-3-10-12(9-6-4-5-7-11(9)22-10)14(19)18-16-17-13(15(20)21)8(2)23-16/h4-7H,3H2,1-2H3,(H,20,21)(H,17,18,19). The Kier molecular flexibility index (Phi) is 3.87. The summed E-state index contributed by atoms with van der Waals surface area (Å²) in [5.74, 6) is -0.866. The molecule has 3 rings (SSSR count). The summed E-state index contributed by atoms with van der Waals surface area (Å²) >= 11 is 1.13. The molecule has 0 aliphatic heterocycles. The highest BCUT2D eigenvalue weighted by atomic mass is 32.1. The fourth-order valence-electron chi connectivity index (χ4n) is 2.40. The third kappa shape index (κ3) is 2.70. The molecule has 0 aliphatic rings. The van der Waals surface area contributed by atoms with Gasteiger partial charge in [0.15, 0.2) is 10.8 Å². The van der Waals surface area contributed by atoms with Crippen LogP contribution in [0.15, 0.2) is 28.7 Å². The molecule has 1 aromatic carbocycles. The second kappa shape index (κ2) is 5.85. The molecule has 7 heteroatoms. The maximum Gasteiger partial charge on any atom is 0.355 e. The molecule has 2 heterocycles. The van der Waals surface area contributed by atoms with Gasteiger partial charge in [0.2, 0.25) is 0 Å². The van der Waals surface area contributed by atoms with Gasteiger partial charge in [-0.25, -0.2) is 9.78 Å². The summed E-state index contributed by atoms with van der Waals surface area (Å²) in [5.41, 5.74) is 1.07. The van der Waals surface area contributed by atoms with E-state index < -0.39 is 5.97 Å². The van der Waals surface area contributed by atoms with Gasteiger partial charge in [0.1, 0.15) is 11.3 Å². The minimum atomic E-state index is -1.11. The van der Waals surface area contributed by atoms with E-state index in [1.165, 1.54) is 0 Å². The fraction of sp³-hybridized carbons (Fsp3) is 0.188. The van der Waals surface area contributed by atoms with Crippen molar-refractivity contribution in [3.8, 4) is 0 Å². The minimum Gasteiger partial charge on any atom is -0.476 e. The van der Waals surface area contributed by atoms with Gasteiger partial charge < -0.3 is 9.52 Å². The van der Waals surface area contributed by atoms with Crippen molar-refractivity contribution in [1.82, 2.24) is 4.98 Å². The number of carboxylic acids is 1. The van der Waals surface area contributed by atoms with Crippen LogP contribution in [0.2, 0.25) is 0 Å². The lowest BCUT2D eigenvalue weighted by atomic mass is 10.1. The molecular formula is C16H14N2O4S. The molecule has 0 bridgehead atoms. The molecule has 0 saturated heterocycles. The second-order valence-electron chi connectivity index (χ2n) is 4.93. The monoisotopic (exact) mass is 330 g/mol. The van der Waals surface area contributed by atoms with E-state index >= 15 is 0 Å². The summed E-state index contributed by atoms with van der Waals surface area (Å²) in [5, 5.41) is 12.7. The molecule has 2 aromatic heterocycles. The Balaban J connectivity index is 1.98. The minimum absolute atomic E-state index is 0.0435. The van der Waals surface area contributed by atoms with Gasteiger partial charge in [-0.15, -0.1) is 11.3 Å². The predicted molar refractivity (Wildman–Crippen MR) is 87.4 cm³/mol. The molecule has 2 N–H and O–H groups in total. The van der Waals surface area contributed by atoms with Gasteiger partial charge in [-0.1, -0.05) is 25.1 Å². The van der Waals surface area contributed by atoms with Crippen LogP contribution in [0, 0.1) is 6.92 Å². The van der Waals surface area contributed by atoms with Gasteiger partial charge in [-0.3, -0.25) is 10.1 Å². The first-order chi connectivity index (χ1) is 11.0. The van der Waals surface area contributed by atoms with Crippen LogP contribution in [0.5, 0.6) is 0 Å². The Bertz CT molecular complexity index is 910. The molecule has 0 fully saturated rings. The molecule has 23 heavy (non-hydrogen) atoms. The molecule has 0 radical (unpaired) electrons. The topological polar surface area (TPSA) is 92.4 Å². The molecular weight excluding hydrogens is 316 g/mol. The Hall–Kier alpha value is -2.67. The van der Waals surface area contributed by atoms with E-state index in [1.807, 2.05) is 25.1 Å². The Morgan fingerprint density at radius 3 is 2.74 bits per heavy atom. The quantitative estimate of drug-likeness (QED) is 0.760. The number of anilines is 1. The molecule has 0 unspecified atom stereocenters. The molecule has 1 amide bonds. The van der Waals surface area contributed by atoms with Crippen LogP contribution in [0.1, 0.15) is 38.4 Å². The van der Waals surface area contributed by atoms with Crippen LogP contribution in [-0.4, -0.2) is 22.0 Å². The number of benzene rings is 1. The largest absolute Gasteiger partial charge is 0.476 e. The van der Waals surface area contributed by atoms with Gasteiger partial charge in [0, 0.05) is 16.7 Å². The Morgan fingerprint density at radius 1 is 1.35 bits per heavy atom. The maximum atomic E-state index is 12.6. The average Bonchev–Trinajstić information content (AvgIpc) is 3.07. The third-order valence-electron chi connectivity index (χ3n) is 3.44. The smallest absolute Gasteiger partial charge is 0.355 e. The first kappa shape index (κ1) is 15.2. The molecule has 0 atom stereocenters. The van der Waals surface area contributed by atoms with Crippen molar-refractivity contribution in [3.05, 3.63) is 46.2 Å². The number of hydrogen-bond acceptors (Lipinski definition) is 5. The van der Waals surface area contributed by atoms with Crippen molar-refractivity contribution in [3.63, 3.8) is 0 Å². The lowest BCUT2D eigenvalue weighted by molar-refractivity contribution is 0.0690. The van der Waals surface area contributed by atoms with Gasteiger partial charge in [-0.05, 0) is 13.0 Å². The van der Waals surface area contributed by atoms with E-state index in [4.69, 9.17) is 9.52 Å². The molecule has 118 valence electrons. The number of furan rings is 1. The molecule has 0 saturated carbocycles. The van der Waals surface area contributed by atoms with Gasteiger partial charge >= 0.3 is 5.97 Å². The van der Waals surface area contributed by atoms with Gasteiger partial charge in [0.25, 0.3) is 5.91 Å². The first-order valence-corrected chi connectivity index (χ1v) is 7.85. The fourth-order valence-corrected chi connectivity index (χ4v) is 3.20. The van der Waals surface area contributed by atoms with E-state index in [2.05, 4.69) is 10.3 Å².